The molecule has 0 heterocycles. The quantitative estimate of drug-likeness (QED) is 0.566. The zero-order valence-electron chi connectivity index (χ0n) is 14.2. The maximum atomic E-state index is 12.3. The molecule has 5 nitrogen and oxygen atoms in total. The molecule has 0 aromatic heterocycles. The van der Waals surface area contributed by atoms with Crippen LogP contribution in [0.2, 0.25) is 0 Å². The Bertz CT molecular complexity index is 624. The van der Waals surface area contributed by atoms with E-state index in [1.807, 2.05) is 0 Å². The molecule has 0 radical (unpaired) electrons. The van der Waals surface area contributed by atoms with E-state index in [9.17, 15) is 9.59 Å². The number of benzene rings is 1. The van der Waals surface area contributed by atoms with Crippen LogP contribution < -0.4 is 9.47 Å². The van der Waals surface area contributed by atoms with Crippen LogP contribution in [-0.4, -0.2) is 32.6 Å². The van der Waals surface area contributed by atoms with Crippen LogP contribution in [0.4, 0.5) is 0 Å². The van der Waals surface area contributed by atoms with Crippen molar-refractivity contribution in [2.45, 2.75) is 32.1 Å². The van der Waals surface area contributed by atoms with E-state index in [0.717, 1.165) is 12.3 Å². The third-order valence-corrected chi connectivity index (χ3v) is 5.39. The molecule has 0 saturated heterocycles. The molecule has 2 aliphatic carbocycles. The van der Waals surface area contributed by atoms with Gasteiger partial charge in [0.1, 0.15) is 11.5 Å². The zero-order chi connectivity index (χ0) is 17.1. The molecular weight excluding hydrogens is 308 g/mol. The predicted octanol–water partition coefficient (Wildman–Crippen LogP) is 3.26. The summed E-state index contributed by atoms with van der Waals surface area (Å²) in [7, 11) is 3.04. The smallest absolute Gasteiger partial charge is 0.306 e. The van der Waals surface area contributed by atoms with Gasteiger partial charge in [0.05, 0.1) is 19.8 Å². The fourth-order valence-electron chi connectivity index (χ4n) is 4.15. The molecule has 3 unspecified atom stereocenters. The van der Waals surface area contributed by atoms with Crippen LogP contribution in [0.1, 0.15) is 42.5 Å². The number of fused-ring (bicyclic) bond motifs is 2. The Hall–Kier alpha value is -2.04. The summed E-state index contributed by atoms with van der Waals surface area (Å²) in [4.78, 5) is 24.3. The number of carbonyl (C=O) groups excluding carboxylic acids is 2. The number of hydrogen-bond acceptors (Lipinski definition) is 5. The minimum atomic E-state index is -0.270. The summed E-state index contributed by atoms with van der Waals surface area (Å²) in [6, 6.07) is 4.96. The maximum absolute atomic E-state index is 12.3. The van der Waals surface area contributed by atoms with Crippen LogP contribution in [0, 0.1) is 17.8 Å². The van der Waals surface area contributed by atoms with Crippen LogP contribution in [0.25, 0.3) is 0 Å². The Labute approximate surface area is 142 Å². The molecule has 2 saturated carbocycles. The highest BCUT2D eigenvalue weighted by atomic mass is 16.5. The van der Waals surface area contributed by atoms with Crippen molar-refractivity contribution in [2.24, 2.45) is 17.8 Å². The molecule has 0 aliphatic heterocycles. The highest BCUT2D eigenvalue weighted by molar-refractivity contribution is 6.00. The minimum absolute atomic E-state index is 0.248. The van der Waals surface area contributed by atoms with Gasteiger partial charge < -0.3 is 14.2 Å². The molecule has 24 heavy (non-hydrogen) atoms. The van der Waals surface area contributed by atoms with E-state index in [1.54, 1.807) is 25.3 Å². The minimum Gasteiger partial charge on any atom is -0.497 e. The van der Waals surface area contributed by atoms with Crippen LogP contribution in [0.3, 0.4) is 0 Å². The van der Waals surface area contributed by atoms with E-state index in [-0.39, 0.29) is 18.4 Å². The lowest BCUT2D eigenvalue weighted by Gasteiger charge is -2.20. The van der Waals surface area contributed by atoms with E-state index >= 15 is 0 Å². The van der Waals surface area contributed by atoms with Gasteiger partial charge >= 0.3 is 5.97 Å². The number of Topliss-reactive ketones (excluding diaryl/α,β-unsaturated/α-hetero) is 1. The van der Waals surface area contributed by atoms with E-state index in [0.29, 0.717) is 35.3 Å². The first-order valence-electron chi connectivity index (χ1n) is 8.51. The summed E-state index contributed by atoms with van der Waals surface area (Å²) in [6.45, 7) is -0.248. The van der Waals surface area contributed by atoms with Crippen LogP contribution in [-0.2, 0) is 9.53 Å². The molecule has 0 amide bonds. The summed E-state index contributed by atoms with van der Waals surface area (Å²) < 4.78 is 15.5. The normalized spacial score (nSPS) is 24.7. The molecular formula is C19H24O5. The van der Waals surface area contributed by atoms with Gasteiger partial charge in [-0.05, 0) is 49.1 Å². The van der Waals surface area contributed by atoms with Crippen LogP contribution in [0.15, 0.2) is 18.2 Å². The lowest BCUT2D eigenvalue weighted by molar-refractivity contribution is -0.144. The second-order valence-electron chi connectivity index (χ2n) is 6.79. The van der Waals surface area contributed by atoms with Crippen molar-refractivity contribution in [1.29, 1.82) is 0 Å². The van der Waals surface area contributed by atoms with Gasteiger partial charge in [-0.15, -0.1) is 0 Å². The lowest BCUT2D eigenvalue weighted by Crippen LogP contribution is -2.20. The molecule has 1 aromatic carbocycles. The van der Waals surface area contributed by atoms with Crippen molar-refractivity contribution in [3.8, 4) is 11.5 Å². The Morgan fingerprint density at radius 3 is 2.58 bits per heavy atom. The molecule has 0 N–H and O–H groups in total. The van der Waals surface area contributed by atoms with Crippen molar-refractivity contribution in [3.05, 3.63) is 23.8 Å². The summed E-state index contributed by atoms with van der Waals surface area (Å²) in [6.07, 6.45) is 5.39. The third kappa shape index (κ3) is 3.55. The Kier molecular flexibility index (Phi) is 5.07. The van der Waals surface area contributed by atoms with E-state index in [1.165, 1.54) is 26.4 Å². The molecule has 0 spiro atoms. The van der Waals surface area contributed by atoms with Crippen LogP contribution >= 0.6 is 0 Å². The van der Waals surface area contributed by atoms with E-state index < -0.39 is 0 Å². The van der Waals surface area contributed by atoms with Crippen molar-refractivity contribution in [1.82, 2.24) is 0 Å². The summed E-state index contributed by atoms with van der Waals surface area (Å²) in [5, 5.41) is 0. The average molecular weight is 332 g/mol. The second kappa shape index (κ2) is 7.24. The van der Waals surface area contributed by atoms with Crippen LogP contribution in [0.5, 0.6) is 11.5 Å². The van der Waals surface area contributed by atoms with Gasteiger partial charge in [-0.3, -0.25) is 9.59 Å². The van der Waals surface area contributed by atoms with Crippen molar-refractivity contribution >= 4 is 11.8 Å². The number of methoxy groups -OCH3 is 2. The van der Waals surface area contributed by atoms with E-state index in [4.69, 9.17) is 14.2 Å². The number of ether oxygens (including phenoxy) is 3. The molecule has 3 rings (SSSR count). The first-order chi connectivity index (χ1) is 11.6. The van der Waals surface area contributed by atoms with Crippen molar-refractivity contribution < 1.29 is 23.8 Å². The Morgan fingerprint density at radius 1 is 1.12 bits per heavy atom. The van der Waals surface area contributed by atoms with Gasteiger partial charge in [0.2, 0.25) is 5.78 Å². The first-order valence-corrected chi connectivity index (χ1v) is 8.51. The van der Waals surface area contributed by atoms with Crippen molar-refractivity contribution in [2.75, 3.05) is 20.8 Å². The topological polar surface area (TPSA) is 61.8 Å². The molecule has 5 heteroatoms. The number of rotatable bonds is 7. The fourth-order valence-corrected chi connectivity index (χ4v) is 4.15. The van der Waals surface area contributed by atoms with Gasteiger partial charge in [-0.1, -0.05) is 6.42 Å². The molecule has 130 valence electrons. The SMILES string of the molecule is COc1ccc(C(=O)COC(=O)CC2CC3CCC2C3)c(OC)c1. The zero-order valence-corrected chi connectivity index (χ0v) is 14.2. The summed E-state index contributed by atoms with van der Waals surface area (Å²) in [5.74, 6) is 2.42. The lowest BCUT2D eigenvalue weighted by atomic mass is 9.86. The fraction of sp³-hybridized carbons (Fsp3) is 0.579. The number of carbonyl (C=O) groups is 2. The van der Waals surface area contributed by atoms with Gasteiger partial charge in [0.15, 0.2) is 6.61 Å². The Morgan fingerprint density at radius 2 is 1.96 bits per heavy atom. The molecule has 3 atom stereocenters. The first kappa shape index (κ1) is 16.8. The average Bonchev–Trinajstić information content (AvgIpc) is 3.22. The number of ketones is 1. The Balaban J connectivity index is 1.52. The summed E-state index contributed by atoms with van der Waals surface area (Å²) >= 11 is 0. The monoisotopic (exact) mass is 332 g/mol. The largest absolute Gasteiger partial charge is 0.497 e. The summed E-state index contributed by atoms with van der Waals surface area (Å²) in [5.41, 5.74) is 0.394. The van der Waals surface area contributed by atoms with Gasteiger partial charge in [0.25, 0.3) is 0 Å². The third-order valence-electron chi connectivity index (χ3n) is 5.39. The van der Waals surface area contributed by atoms with Crippen molar-refractivity contribution in [3.63, 3.8) is 0 Å². The molecule has 1 aromatic rings. The second-order valence-corrected chi connectivity index (χ2v) is 6.79. The van der Waals surface area contributed by atoms with Gasteiger partial charge in [0, 0.05) is 12.5 Å². The number of esters is 1. The van der Waals surface area contributed by atoms with Gasteiger partial charge in [-0.25, -0.2) is 0 Å². The number of hydrogen-bond donors (Lipinski definition) is 0. The highest BCUT2D eigenvalue weighted by Gasteiger charge is 2.40. The molecule has 2 fully saturated rings. The highest BCUT2D eigenvalue weighted by Crippen LogP contribution is 2.49. The molecule has 2 bridgehead atoms. The van der Waals surface area contributed by atoms with E-state index in [2.05, 4.69) is 0 Å². The van der Waals surface area contributed by atoms with Gasteiger partial charge in [-0.2, -0.15) is 0 Å². The molecule has 2 aliphatic rings. The maximum Gasteiger partial charge on any atom is 0.306 e. The standard InChI is InChI=1S/C19H24O5/c1-22-15-5-6-16(18(10-15)23-2)17(20)11-24-19(21)9-14-8-12-3-4-13(14)7-12/h5-6,10,12-14H,3-4,7-9,11H2,1-2H3. The predicted molar refractivity (Wildman–Crippen MR) is 88.4 cm³/mol.